The number of benzene rings is 1. The highest BCUT2D eigenvalue weighted by Gasteiger charge is 2.15. The first-order valence-electron chi connectivity index (χ1n) is 8.31. The Labute approximate surface area is 145 Å². The zero-order valence-corrected chi connectivity index (χ0v) is 14.7. The maximum atomic E-state index is 5.91. The van der Waals surface area contributed by atoms with E-state index in [0.717, 1.165) is 53.6 Å². The van der Waals surface area contributed by atoms with Gasteiger partial charge in [0.05, 0.1) is 4.88 Å². The molecule has 24 heavy (non-hydrogen) atoms. The van der Waals surface area contributed by atoms with E-state index in [2.05, 4.69) is 34.0 Å². The summed E-state index contributed by atoms with van der Waals surface area (Å²) >= 11 is 1.64. The van der Waals surface area contributed by atoms with Crippen molar-refractivity contribution in [1.82, 2.24) is 14.8 Å². The third-order valence-corrected chi connectivity index (χ3v) is 5.62. The quantitative estimate of drug-likeness (QED) is 0.790. The molecule has 1 fully saturated rings. The van der Waals surface area contributed by atoms with Crippen molar-refractivity contribution in [2.75, 3.05) is 33.2 Å². The highest BCUT2D eigenvalue weighted by atomic mass is 32.1. The normalized spacial score (nSPS) is 16.9. The number of fused-ring (bicyclic) bond motifs is 1. The van der Waals surface area contributed by atoms with Crippen molar-refractivity contribution in [1.29, 1.82) is 0 Å². The van der Waals surface area contributed by atoms with Crippen molar-refractivity contribution in [3.8, 4) is 10.8 Å². The topological polar surface area (TPSA) is 58.5 Å². The molecule has 3 aromatic rings. The van der Waals surface area contributed by atoms with Crippen LogP contribution < -0.4 is 5.73 Å². The molecule has 4 rings (SSSR count). The van der Waals surface area contributed by atoms with Crippen LogP contribution in [0, 0.1) is 0 Å². The van der Waals surface area contributed by atoms with Gasteiger partial charge in [0.25, 0.3) is 0 Å². The standard InChI is InChI=1S/C18H22N4OS/c1-21-6-8-22(9-7-21)12-13-2-4-16-15(10-13)20-18(23-16)17-5-3-14(11-19)24-17/h2-5,10H,6-9,11-12,19H2,1H3. The van der Waals surface area contributed by atoms with Crippen LogP contribution in [0.4, 0.5) is 0 Å². The maximum absolute atomic E-state index is 5.91. The molecule has 0 atom stereocenters. The second-order valence-corrected chi connectivity index (χ2v) is 7.54. The van der Waals surface area contributed by atoms with Gasteiger partial charge >= 0.3 is 0 Å². The third kappa shape index (κ3) is 3.23. The Morgan fingerprint density at radius 2 is 2.00 bits per heavy atom. The van der Waals surface area contributed by atoms with Crippen LogP contribution in [0.3, 0.4) is 0 Å². The van der Waals surface area contributed by atoms with E-state index in [4.69, 9.17) is 10.2 Å². The van der Waals surface area contributed by atoms with Gasteiger partial charge in [-0.25, -0.2) is 4.98 Å². The number of nitrogens with two attached hydrogens (primary N) is 1. The lowest BCUT2D eigenvalue weighted by atomic mass is 10.2. The first-order chi connectivity index (χ1) is 11.7. The number of piperazine rings is 1. The third-order valence-electron chi connectivity index (χ3n) is 4.53. The van der Waals surface area contributed by atoms with E-state index in [-0.39, 0.29) is 0 Å². The van der Waals surface area contributed by atoms with Crippen LogP contribution >= 0.6 is 11.3 Å². The fourth-order valence-corrected chi connectivity index (χ4v) is 3.86. The summed E-state index contributed by atoms with van der Waals surface area (Å²) in [4.78, 5) is 11.7. The highest BCUT2D eigenvalue weighted by Crippen LogP contribution is 2.30. The van der Waals surface area contributed by atoms with Gasteiger partial charge < -0.3 is 15.1 Å². The lowest BCUT2D eigenvalue weighted by Crippen LogP contribution is -2.43. The average Bonchev–Trinajstić information content (AvgIpc) is 3.22. The molecule has 126 valence electrons. The molecule has 1 saturated heterocycles. The van der Waals surface area contributed by atoms with Gasteiger partial charge in [0.15, 0.2) is 5.58 Å². The van der Waals surface area contributed by atoms with E-state index in [9.17, 15) is 0 Å². The van der Waals surface area contributed by atoms with Crippen molar-refractivity contribution in [2.24, 2.45) is 5.73 Å². The smallest absolute Gasteiger partial charge is 0.237 e. The summed E-state index contributed by atoms with van der Waals surface area (Å²) in [6, 6.07) is 10.4. The van der Waals surface area contributed by atoms with Crippen LogP contribution in [-0.2, 0) is 13.1 Å². The van der Waals surface area contributed by atoms with Crippen LogP contribution in [0.25, 0.3) is 21.9 Å². The lowest BCUT2D eigenvalue weighted by Gasteiger charge is -2.32. The van der Waals surface area contributed by atoms with Gasteiger partial charge in [-0.2, -0.15) is 0 Å². The summed E-state index contributed by atoms with van der Waals surface area (Å²) in [6.45, 7) is 6.05. The minimum atomic E-state index is 0.556. The molecule has 0 radical (unpaired) electrons. The molecule has 2 aromatic heterocycles. The van der Waals surface area contributed by atoms with Gasteiger partial charge in [-0.1, -0.05) is 6.07 Å². The predicted molar refractivity (Wildman–Crippen MR) is 98.0 cm³/mol. The number of aromatic nitrogens is 1. The van der Waals surface area contributed by atoms with Crippen LogP contribution in [0.15, 0.2) is 34.7 Å². The number of nitrogens with zero attached hydrogens (tertiary/aromatic N) is 3. The Morgan fingerprint density at radius 1 is 1.17 bits per heavy atom. The SMILES string of the molecule is CN1CCN(Cc2ccc3oc(-c4ccc(CN)s4)nc3c2)CC1. The number of likely N-dealkylation sites (N-methyl/N-ethyl adjacent to an activating group) is 1. The molecule has 0 saturated carbocycles. The molecule has 1 aliphatic heterocycles. The van der Waals surface area contributed by atoms with Crippen LogP contribution in [0.5, 0.6) is 0 Å². The molecule has 0 unspecified atom stereocenters. The minimum Gasteiger partial charge on any atom is -0.435 e. The zero-order valence-electron chi connectivity index (χ0n) is 13.9. The summed E-state index contributed by atoms with van der Waals surface area (Å²) in [6.07, 6.45) is 0. The van der Waals surface area contributed by atoms with Crippen molar-refractivity contribution >= 4 is 22.4 Å². The molecular weight excluding hydrogens is 320 g/mol. The van der Waals surface area contributed by atoms with Gasteiger partial charge in [-0.15, -0.1) is 11.3 Å². The predicted octanol–water partition coefficient (Wildman–Crippen LogP) is 2.76. The Bertz CT molecular complexity index is 833. The minimum absolute atomic E-state index is 0.556. The number of thiophene rings is 1. The summed E-state index contributed by atoms with van der Waals surface area (Å²) in [5, 5.41) is 0. The summed E-state index contributed by atoms with van der Waals surface area (Å²) in [5.41, 5.74) is 8.75. The Morgan fingerprint density at radius 3 is 2.75 bits per heavy atom. The molecule has 6 heteroatoms. The molecule has 3 heterocycles. The van der Waals surface area contributed by atoms with E-state index in [1.54, 1.807) is 11.3 Å². The van der Waals surface area contributed by atoms with Crippen molar-refractivity contribution < 1.29 is 4.42 Å². The number of hydrogen-bond donors (Lipinski definition) is 1. The van der Waals surface area contributed by atoms with Crippen molar-refractivity contribution in [2.45, 2.75) is 13.1 Å². The molecule has 1 aromatic carbocycles. The maximum Gasteiger partial charge on any atom is 0.237 e. The first kappa shape index (κ1) is 15.8. The average molecular weight is 342 g/mol. The number of oxazole rings is 1. The van der Waals surface area contributed by atoms with Gasteiger partial charge in [0, 0.05) is 44.1 Å². The van der Waals surface area contributed by atoms with Gasteiger partial charge in [-0.3, -0.25) is 4.90 Å². The zero-order chi connectivity index (χ0) is 16.5. The largest absolute Gasteiger partial charge is 0.435 e. The van der Waals surface area contributed by atoms with E-state index in [1.807, 2.05) is 18.2 Å². The molecule has 1 aliphatic rings. The second kappa shape index (κ2) is 6.64. The van der Waals surface area contributed by atoms with Crippen LogP contribution in [0.1, 0.15) is 10.4 Å². The van der Waals surface area contributed by atoms with Gasteiger partial charge in [0.1, 0.15) is 5.52 Å². The van der Waals surface area contributed by atoms with Crippen molar-refractivity contribution in [3.63, 3.8) is 0 Å². The molecule has 0 amide bonds. The van der Waals surface area contributed by atoms with Gasteiger partial charge in [0.2, 0.25) is 5.89 Å². The Balaban J connectivity index is 1.54. The van der Waals surface area contributed by atoms with Crippen LogP contribution in [0.2, 0.25) is 0 Å². The summed E-state index contributed by atoms with van der Waals surface area (Å²) < 4.78 is 5.91. The first-order valence-corrected chi connectivity index (χ1v) is 9.12. The molecule has 0 bridgehead atoms. The Kier molecular flexibility index (Phi) is 4.37. The van der Waals surface area contributed by atoms with E-state index in [1.165, 1.54) is 5.56 Å². The van der Waals surface area contributed by atoms with Crippen molar-refractivity contribution in [3.05, 3.63) is 40.8 Å². The fourth-order valence-electron chi connectivity index (χ4n) is 3.04. The Hall–Kier alpha value is -1.73. The highest BCUT2D eigenvalue weighted by molar-refractivity contribution is 7.15. The molecule has 5 nitrogen and oxygen atoms in total. The molecule has 0 aliphatic carbocycles. The molecule has 2 N–H and O–H groups in total. The van der Waals surface area contributed by atoms with Crippen LogP contribution in [-0.4, -0.2) is 48.0 Å². The monoisotopic (exact) mass is 342 g/mol. The van der Waals surface area contributed by atoms with E-state index >= 15 is 0 Å². The number of rotatable bonds is 4. The fraction of sp³-hybridized carbons (Fsp3) is 0.389. The number of hydrogen-bond acceptors (Lipinski definition) is 6. The molecular formula is C18H22N4OS. The van der Waals surface area contributed by atoms with E-state index < -0.39 is 0 Å². The lowest BCUT2D eigenvalue weighted by molar-refractivity contribution is 0.148. The van der Waals surface area contributed by atoms with Gasteiger partial charge in [-0.05, 0) is 36.9 Å². The molecule has 0 spiro atoms. The summed E-state index contributed by atoms with van der Waals surface area (Å²) in [7, 11) is 2.18. The van der Waals surface area contributed by atoms with E-state index in [0.29, 0.717) is 12.4 Å². The summed E-state index contributed by atoms with van der Waals surface area (Å²) in [5.74, 6) is 0.687. The second-order valence-electron chi connectivity index (χ2n) is 6.37.